The van der Waals surface area contributed by atoms with Crippen LogP contribution in [0.15, 0.2) is 0 Å². The van der Waals surface area contributed by atoms with Crippen molar-refractivity contribution >= 4 is 6.29 Å². The Hall–Kier alpha value is -0.920. The zero-order valence-electron chi connectivity index (χ0n) is 9.48. The summed E-state index contributed by atoms with van der Waals surface area (Å²) in [4.78, 5) is 11.3. The summed E-state index contributed by atoms with van der Waals surface area (Å²) in [6, 6.07) is 2.07. The summed E-state index contributed by atoms with van der Waals surface area (Å²) < 4.78 is 5.48. The minimum absolute atomic E-state index is 0.160. The highest BCUT2D eigenvalue weighted by atomic mass is 16.5. The van der Waals surface area contributed by atoms with Crippen LogP contribution < -0.4 is 0 Å². The van der Waals surface area contributed by atoms with Gasteiger partial charge in [-0.15, -0.1) is 0 Å². The van der Waals surface area contributed by atoms with Gasteiger partial charge in [0, 0.05) is 6.42 Å². The predicted octanol–water partition coefficient (Wildman–Crippen LogP) is 1.87. The van der Waals surface area contributed by atoms with Crippen molar-refractivity contribution < 1.29 is 14.6 Å². The number of aldehydes is 1. The van der Waals surface area contributed by atoms with Crippen LogP contribution in [0.1, 0.15) is 38.5 Å². The Kier molecular flexibility index (Phi) is 5.44. The van der Waals surface area contributed by atoms with Crippen LogP contribution in [0.2, 0.25) is 0 Å². The van der Waals surface area contributed by atoms with Crippen LogP contribution in [-0.4, -0.2) is 25.6 Å². The fourth-order valence-electron chi connectivity index (χ4n) is 2.44. The summed E-state index contributed by atoms with van der Waals surface area (Å²) >= 11 is 0. The van der Waals surface area contributed by atoms with E-state index in [0.717, 1.165) is 32.0 Å². The molecule has 1 rings (SSSR count). The van der Waals surface area contributed by atoms with Gasteiger partial charge in [0.05, 0.1) is 24.2 Å². The van der Waals surface area contributed by atoms with Gasteiger partial charge in [-0.25, -0.2) is 5.11 Å². The molecule has 0 bridgehead atoms. The van der Waals surface area contributed by atoms with Crippen LogP contribution in [0, 0.1) is 16.7 Å². The van der Waals surface area contributed by atoms with E-state index in [1.54, 1.807) is 0 Å². The fraction of sp³-hybridized carbons (Fsp3) is 0.833. The predicted molar refractivity (Wildman–Crippen MR) is 57.1 cm³/mol. The first-order valence-electron chi connectivity index (χ1n) is 5.82. The van der Waals surface area contributed by atoms with Crippen molar-refractivity contribution in [1.82, 2.24) is 0 Å². The zero-order chi connectivity index (χ0) is 11.9. The maximum atomic E-state index is 11.3. The van der Waals surface area contributed by atoms with Gasteiger partial charge >= 0.3 is 0 Å². The quantitative estimate of drug-likeness (QED) is 0.646. The van der Waals surface area contributed by atoms with Gasteiger partial charge in [-0.2, -0.15) is 5.26 Å². The van der Waals surface area contributed by atoms with Gasteiger partial charge in [0.1, 0.15) is 12.9 Å². The Morgan fingerprint density at radius 3 is 2.94 bits per heavy atom. The van der Waals surface area contributed by atoms with Crippen LogP contribution in [0.25, 0.3) is 0 Å². The third kappa shape index (κ3) is 3.03. The highest BCUT2D eigenvalue weighted by Gasteiger charge is 2.41. The topological polar surface area (TPSA) is 70.0 Å². The van der Waals surface area contributed by atoms with E-state index in [4.69, 9.17) is 10.00 Å². The number of nitrogens with zero attached hydrogens (tertiary/aromatic N) is 1. The second kappa shape index (κ2) is 6.62. The first-order valence-corrected chi connectivity index (χ1v) is 5.82. The maximum Gasteiger partial charge on any atom is 0.128 e. The molecule has 2 atom stereocenters. The Balaban J connectivity index is 2.67. The van der Waals surface area contributed by atoms with Gasteiger partial charge in [0.2, 0.25) is 0 Å². The lowest BCUT2D eigenvalue weighted by molar-refractivity contribution is -0.134. The molecule has 0 aromatic rings. The molecule has 2 unspecified atom stereocenters. The van der Waals surface area contributed by atoms with Crippen molar-refractivity contribution in [2.24, 2.45) is 5.41 Å². The molecule has 1 radical (unpaired) electrons. The average molecular weight is 224 g/mol. The van der Waals surface area contributed by atoms with Crippen molar-refractivity contribution in [3.63, 3.8) is 0 Å². The molecular weight excluding hydrogens is 206 g/mol. The molecule has 0 aromatic heterocycles. The summed E-state index contributed by atoms with van der Waals surface area (Å²) in [6.07, 6.45) is 5.34. The molecule has 0 aromatic carbocycles. The molecule has 0 heterocycles. The monoisotopic (exact) mass is 224 g/mol. The number of rotatable bonds is 6. The van der Waals surface area contributed by atoms with Crippen molar-refractivity contribution in [2.75, 3.05) is 13.2 Å². The third-order valence-electron chi connectivity index (χ3n) is 3.34. The minimum atomic E-state index is -0.525. The molecule has 0 amide bonds. The number of hydrogen-bond donors (Lipinski definition) is 0. The molecule has 0 saturated heterocycles. The van der Waals surface area contributed by atoms with E-state index in [-0.39, 0.29) is 19.3 Å². The van der Waals surface area contributed by atoms with Crippen molar-refractivity contribution in [3.8, 4) is 6.07 Å². The van der Waals surface area contributed by atoms with Crippen LogP contribution in [-0.2, 0) is 14.6 Å². The molecule has 1 saturated carbocycles. The van der Waals surface area contributed by atoms with E-state index in [9.17, 15) is 9.90 Å². The average Bonchev–Trinajstić information content (AvgIpc) is 2.34. The molecule has 4 heteroatoms. The molecule has 89 valence electrons. The van der Waals surface area contributed by atoms with Crippen molar-refractivity contribution in [2.45, 2.75) is 44.6 Å². The minimum Gasteiger partial charge on any atom is -0.375 e. The largest absolute Gasteiger partial charge is 0.375 e. The molecule has 0 aliphatic heterocycles. The Morgan fingerprint density at radius 2 is 2.31 bits per heavy atom. The number of carbonyl (C=O) groups excluding carboxylic acids is 1. The lowest BCUT2D eigenvalue weighted by Gasteiger charge is -2.39. The Labute approximate surface area is 96.2 Å². The van der Waals surface area contributed by atoms with E-state index < -0.39 is 5.41 Å². The second-order valence-electron chi connectivity index (χ2n) is 4.32. The van der Waals surface area contributed by atoms with Gasteiger partial charge < -0.3 is 9.53 Å². The molecule has 0 spiro atoms. The van der Waals surface area contributed by atoms with Crippen LogP contribution in [0.3, 0.4) is 0 Å². The Morgan fingerprint density at radius 1 is 1.50 bits per heavy atom. The third-order valence-corrected chi connectivity index (χ3v) is 3.34. The van der Waals surface area contributed by atoms with Crippen molar-refractivity contribution in [1.29, 1.82) is 5.26 Å². The normalized spacial score (nSPS) is 29.6. The number of hydrogen-bond acceptors (Lipinski definition) is 3. The van der Waals surface area contributed by atoms with Gasteiger partial charge in [-0.05, 0) is 19.3 Å². The molecular formula is C12H18NO3. The molecule has 1 fully saturated rings. The van der Waals surface area contributed by atoms with Crippen LogP contribution in [0.5, 0.6) is 0 Å². The van der Waals surface area contributed by atoms with Gasteiger partial charge in [-0.1, -0.05) is 12.8 Å². The SMILES string of the molecule is N#CCCC1(C=O)CCCCC1OCC[O]. The second-order valence-corrected chi connectivity index (χ2v) is 4.32. The lowest BCUT2D eigenvalue weighted by Crippen LogP contribution is -2.42. The number of ether oxygens (including phenoxy) is 1. The molecule has 16 heavy (non-hydrogen) atoms. The summed E-state index contributed by atoms with van der Waals surface area (Å²) in [5.41, 5.74) is -0.525. The van der Waals surface area contributed by atoms with Gasteiger partial charge in [0.15, 0.2) is 0 Å². The van der Waals surface area contributed by atoms with Gasteiger partial charge in [0.25, 0.3) is 0 Å². The zero-order valence-corrected chi connectivity index (χ0v) is 9.48. The van der Waals surface area contributed by atoms with E-state index in [2.05, 4.69) is 6.07 Å². The van der Waals surface area contributed by atoms with E-state index in [1.807, 2.05) is 0 Å². The summed E-state index contributed by atoms with van der Waals surface area (Å²) in [5.74, 6) is 0. The lowest BCUT2D eigenvalue weighted by atomic mass is 9.70. The number of nitriles is 1. The smallest absolute Gasteiger partial charge is 0.128 e. The van der Waals surface area contributed by atoms with E-state index in [0.29, 0.717) is 12.8 Å². The molecule has 0 N–H and O–H groups in total. The van der Waals surface area contributed by atoms with Crippen molar-refractivity contribution in [3.05, 3.63) is 0 Å². The van der Waals surface area contributed by atoms with E-state index >= 15 is 0 Å². The standard InChI is InChI=1S/C12H18NO3/c13-7-3-6-12(10-15)5-2-1-4-11(12)16-9-8-14/h10-11H,1-6,8-9H2. The number of carbonyl (C=O) groups is 1. The molecule has 1 aliphatic carbocycles. The Bertz CT molecular complexity index is 261. The summed E-state index contributed by atoms with van der Waals surface area (Å²) in [7, 11) is 0. The highest BCUT2D eigenvalue weighted by Crippen LogP contribution is 2.40. The summed E-state index contributed by atoms with van der Waals surface area (Å²) in [5, 5.41) is 19.0. The van der Waals surface area contributed by atoms with Crippen LogP contribution in [0.4, 0.5) is 0 Å². The van der Waals surface area contributed by atoms with Gasteiger partial charge in [-0.3, -0.25) is 0 Å². The molecule has 4 nitrogen and oxygen atoms in total. The first kappa shape index (κ1) is 13.1. The first-order chi connectivity index (χ1) is 7.79. The highest BCUT2D eigenvalue weighted by molar-refractivity contribution is 5.60. The summed E-state index contributed by atoms with van der Waals surface area (Å²) in [6.45, 7) is -0.115. The molecule has 1 aliphatic rings. The fourth-order valence-corrected chi connectivity index (χ4v) is 2.44. The maximum absolute atomic E-state index is 11.3. The van der Waals surface area contributed by atoms with Crippen LogP contribution >= 0.6 is 0 Å². The van der Waals surface area contributed by atoms with E-state index in [1.165, 1.54) is 0 Å².